The number of benzene rings is 1. The number of hydrogen-bond donors (Lipinski definition) is 3. The topological polar surface area (TPSA) is 116 Å². The molecule has 1 fully saturated rings. The summed E-state index contributed by atoms with van der Waals surface area (Å²) in [7, 11) is 0. The van der Waals surface area contributed by atoms with Crippen LogP contribution in [0.1, 0.15) is 42.5 Å². The summed E-state index contributed by atoms with van der Waals surface area (Å²) in [5.41, 5.74) is 7.40. The summed E-state index contributed by atoms with van der Waals surface area (Å²) in [4.78, 5) is 6.56. The zero-order valence-electron chi connectivity index (χ0n) is 16.6. The number of nitrogens with two attached hydrogens (primary N) is 1. The molecule has 8 nitrogen and oxygen atoms in total. The van der Waals surface area contributed by atoms with Crippen LogP contribution in [0, 0.1) is 5.41 Å². The quantitative estimate of drug-likeness (QED) is 0.583. The number of halogens is 2. The fourth-order valence-electron chi connectivity index (χ4n) is 3.93. The first-order valence-corrected chi connectivity index (χ1v) is 10.9. The molecule has 3 heterocycles. The Kier molecular flexibility index (Phi) is 6.67. The number of nitrogens with zero attached hydrogens (tertiary/aromatic N) is 4. The summed E-state index contributed by atoms with van der Waals surface area (Å²) in [6.07, 6.45) is 2.26. The lowest BCUT2D eigenvalue weighted by Gasteiger charge is -2.34. The largest absolute Gasteiger partial charge is 0.419 e. The lowest BCUT2D eigenvalue weighted by molar-refractivity contribution is 0.231. The van der Waals surface area contributed by atoms with Crippen molar-refractivity contribution in [3.05, 3.63) is 45.6 Å². The lowest BCUT2D eigenvalue weighted by Crippen LogP contribution is -2.50. The third-order valence-electron chi connectivity index (χ3n) is 5.63. The number of nitrogens with one attached hydrogen (secondary N) is 2. The molecule has 160 valence electrons. The maximum absolute atomic E-state index is 8.54. The van der Waals surface area contributed by atoms with Crippen LogP contribution in [0.3, 0.4) is 0 Å². The van der Waals surface area contributed by atoms with E-state index in [1.165, 1.54) is 0 Å². The zero-order chi connectivity index (χ0) is 21.1. The Morgan fingerprint density at radius 2 is 2.07 bits per heavy atom. The van der Waals surface area contributed by atoms with E-state index in [1.54, 1.807) is 12.1 Å². The second-order valence-corrected chi connectivity index (χ2v) is 8.52. The van der Waals surface area contributed by atoms with Gasteiger partial charge in [0.15, 0.2) is 0 Å². The molecule has 1 saturated heterocycles. The Morgan fingerprint density at radius 1 is 1.27 bits per heavy atom. The smallest absolute Gasteiger partial charge is 0.261 e. The maximum atomic E-state index is 8.54. The third kappa shape index (κ3) is 4.83. The molecule has 0 saturated carbocycles. The minimum atomic E-state index is -0.240. The van der Waals surface area contributed by atoms with Crippen LogP contribution in [0.15, 0.2) is 27.6 Å². The monoisotopic (exact) mass is 449 g/mol. The molecule has 2 aliphatic rings. The average Bonchev–Trinajstić information content (AvgIpc) is 3.24. The minimum Gasteiger partial charge on any atom is -0.419 e. The van der Waals surface area contributed by atoms with Gasteiger partial charge in [0, 0.05) is 35.5 Å². The summed E-state index contributed by atoms with van der Waals surface area (Å²) in [6.45, 7) is 3.77. The first kappa shape index (κ1) is 21.2. The van der Waals surface area contributed by atoms with E-state index in [4.69, 9.17) is 38.8 Å². The van der Waals surface area contributed by atoms with Gasteiger partial charge in [-0.1, -0.05) is 23.2 Å². The number of aliphatic imine (C=N–C) groups is 1. The highest BCUT2D eigenvalue weighted by Gasteiger charge is 2.29. The molecule has 0 bridgehead atoms. The van der Waals surface area contributed by atoms with E-state index in [1.807, 2.05) is 6.07 Å². The van der Waals surface area contributed by atoms with Crippen molar-refractivity contribution in [1.82, 2.24) is 20.4 Å². The van der Waals surface area contributed by atoms with Crippen LogP contribution in [-0.2, 0) is 6.54 Å². The molecule has 1 aromatic heterocycles. The molecular weight excluding hydrogens is 425 g/mol. The normalized spacial score (nSPS) is 20.9. The summed E-state index contributed by atoms with van der Waals surface area (Å²) in [5, 5.41) is 21.4. The molecule has 10 heteroatoms. The van der Waals surface area contributed by atoms with Gasteiger partial charge in [0.1, 0.15) is 5.84 Å². The van der Waals surface area contributed by atoms with Crippen LogP contribution in [0.2, 0.25) is 10.0 Å². The molecule has 0 radical (unpaired) electrons. The van der Waals surface area contributed by atoms with Crippen molar-refractivity contribution in [2.45, 2.75) is 37.8 Å². The zero-order valence-corrected chi connectivity index (χ0v) is 18.1. The van der Waals surface area contributed by atoms with Crippen molar-refractivity contribution in [2.24, 2.45) is 10.7 Å². The van der Waals surface area contributed by atoms with Crippen LogP contribution in [0.25, 0.3) is 0 Å². The molecule has 2 aliphatic heterocycles. The Balaban J connectivity index is 1.47. The van der Waals surface area contributed by atoms with E-state index in [-0.39, 0.29) is 23.6 Å². The van der Waals surface area contributed by atoms with Crippen molar-refractivity contribution < 1.29 is 4.42 Å². The Morgan fingerprint density at radius 3 is 2.87 bits per heavy atom. The van der Waals surface area contributed by atoms with Crippen molar-refractivity contribution in [3.63, 3.8) is 0 Å². The fraction of sp³-hybridized carbons (Fsp3) is 0.500. The van der Waals surface area contributed by atoms with E-state index < -0.39 is 0 Å². The average molecular weight is 450 g/mol. The van der Waals surface area contributed by atoms with Crippen LogP contribution in [0.5, 0.6) is 0 Å². The number of aromatic nitrogens is 2. The van der Waals surface area contributed by atoms with Gasteiger partial charge in [-0.2, -0.15) is 0 Å². The van der Waals surface area contributed by atoms with E-state index >= 15 is 0 Å². The molecule has 30 heavy (non-hydrogen) atoms. The molecule has 0 amide bonds. The fourth-order valence-corrected chi connectivity index (χ4v) is 4.31. The predicted molar refractivity (Wildman–Crippen MR) is 118 cm³/mol. The minimum absolute atomic E-state index is 0.240. The molecule has 1 unspecified atom stereocenters. The van der Waals surface area contributed by atoms with Gasteiger partial charge in [-0.25, -0.2) is 0 Å². The highest BCUT2D eigenvalue weighted by molar-refractivity contribution is 6.33. The summed E-state index contributed by atoms with van der Waals surface area (Å²) in [5.74, 6) is 1.62. The Bertz CT molecular complexity index is 939. The molecule has 1 atom stereocenters. The first-order valence-electron chi connectivity index (χ1n) is 10.1. The first-order chi connectivity index (χ1) is 14.5. The number of amidine groups is 1. The van der Waals surface area contributed by atoms with Gasteiger partial charge >= 0.3 is 0 Å². The number of hydrogen-bond acceptors (Lipinski definition) is 8. The van der Waals surface area contributed by atoms with Crippen LogP contribution >= 0.6 is 23.2 Å². The molecule has 4 N–H and O–H groups in total. The van der Waals surface area contributed by atoms with Crippen molar-refractivity contribution in [1.29, 1.82) is 5.41 Å². The SMILES string of the molecule is N=C(CC1C(N)=NCCN1Cc1cc(Cl)ccc1Cl)c1nnc(C2CCNCC2)o1. The molecular formula is C20H25Cl2N7O. The Labute approximate surface area is 185 Å². The number of rotatable bonds is 6. The van der Waals surface area contributed by atoms with Crippen molar-refractivity contribution in [2.75, 3.05) is 26.2 Å². The van der Waals surface area contributed by atoms with E-state index in [0.717, 1.165) is 31.5 Å². The Hall–Kier alpha value is -2.00. The lowest BCUT2D eigenvalue weighted by atomic mass is 9.98. The van der Waals surface area contributed by atoms with Gasteiger partial charge in [0.25, 0.3) is 5.89 Å². The standard InChI is InChI=1S/C20H25Cl2N7O/c21-14-1-2-15(22)13(9-14)11-29-8-7-26-18(24)17(29)10-16(23)20-28-27-19(30-20)12-3-5-25-6-4-12/h1-2,9,12,17,23,25H,3-8,10-11H2,(H2,24,26). The van der Waals surface area contributed by atoms with Gasteiger partial charge < -0.3 is 15.5 Å². The molecule has 1 aromatic carbocycles. The third-order valence-corrected chi connectivity index (χ3v) is 6.23. The molecule has 0 aliphatic carbocycles. The second kappa shape index (κ2) is 9.43. The number of piperidine rings is 1. The second-order valence-electron chi connectivity index (χ2n) is 7.68. The molecule has 0 spiro atoms. The van der Waals surface area contributed by atoms with Crippen LogP contribution < -0.4 is 11.1 Å². The van der Waals surface area contributed by atoms with Crippen molar-refractivity contribution in [3.8, 4) is 0 Å². The van der Waals surface area contributed by atoms with Gasteiger partial charge in [0.2, 0.25) is 5.89 Å². The molecule has 4 rings (SSSR count). The predicted octanol–water partition coefficient (Wildman–Crippen LogP) is 2.84. The summed E-state index contributed by atoms with van der Waals surface area (Å²) in [6, 6.07) is 5.17. The van der Waals surface area contributed by atoms with Gasteiger partial charge in [-0.05, 0) is 49.7 Å². The van der Waals surface area contributed by atoms with E-state index in [9.17, 15) is 0 Å². The van der Waals surface area contributed by atoms with Gasteiger partial charge in [-0.3, -0.25) is 15.3 Å². The summed E-state index contributed by atoms with van der Waals surface area (Å²) < 4.78 is 5.84. The van der Waals surface area contributed by atoms with Crippen LogP contribution in [-0.4, -0.2) is 58.9 Å². The summed E-state index contributed by atoms with van der Waals surface area (Å²) >= 11 is 12.5. The maximum Gasteiger partial charge on any atom is 0.261 e. The van der Waals surface area contributed by atoms with Crippen LogP contribution in [0.4, 0.5) is 0 Å². The van der Waals surface area contributed by atoms with Crippen molar-refractivity contribution >= 4 is 34.7 Å². The molecule has 2 aromatic rings. The van der Waals surface area contributed by atoms with E-state index in [0.29, 0.717) is 47.8 Å². The van der Waals surface area contributed by atoms with E-state index in [2.05, 4.69) is 25.4 Å². The highest BCUT2D eigenvalue weighted by atomic mass is 35.5. The van der Waals surface area contributed by atoms with Gasteiger partial charge in [-0.15, -0.1) is 10.2 Å². The van der Waals surface area contributed by atoms with Gasteiger partial charge in [0.05, 0.1) is 18.3 Å². The highest BCUT2D eigenvalue weighted by Crippen LogP contribution is 2.26.